The molecule has 0 saturated carbocycles. The zero-order valence-electron chi connectivity index (χ0n) is 10.9. The van der Waals surface area contributed by atoms with Gasteiger partial charge in [0.05, 0.1) is 18.7 Å². The molecule has 0 bridgehead atoms. The summed E-state index contributed by atoms with van der Waals surface area (Å²) in [4.78, 5) is 15.6. The Morgan fingerprint density at radius 2 is 2.28 bits per heavy atom. The van der Waals surface area contributed by atoms with Gasteiger partial charge in [0, 0.05) is 13.2 Å². The number of unbranched alkanes of at least 4 members (excludes halogenated alkanes) is 1. The lowest BCUT2D eigenvalue weighted by molar-refractivity contribution is 0.0521. The van der Waals surface area contributed by atoms with E-state index < -0.39 is 0 Å². The molecule has 102 valence electrons. The van der Waals surface area contributed by atoms with Crippen LogP contribution in [0.25, 0.3) is 0 Å². The van der Waals surface area contributed by atoms with Gasteiger partial charge < -0.3 is 14.8 Å². The van der Waals surface area contributed by atoms with E-state index in [9.17, 15) is 4.79 Å². The second-order valence-corrected chi connectivity index (χ2v) is 4.50. The molecule has 0 atom stereocenters. The van der Waals surface area contributed by atoms with Crippen LogP contribution in [-0.2, 0) is 9.47 Å². The summed E-state index contributed by atoms with van der Waals surface area (Å²) in [6.45, 7) is 6.34. The number of nitrogens with one attached hydrogen (secondary N) is 1. The SMILES string of the molecule is CCCCOCCNc1scnc1C(=O)OCC. The van der Waals surface area contributed by atoms with Gasteiger partial charge in [-0.05, 0) is 13.3 Å². The molecule has 0 spiro atoms. The standard InChI is InChI=1S/C12H20N2O3S/c1-3-5-7-16-8-6-13-11-10(14-9-18-11)12(15)17-4-2/h9,13H,3-8H2,1-2H3. The molecular weight excluding hydrogens is 252 g/mol. The average molecular weight is 272 g/mol. The Bertz CT molecular complexity index is 355. The van der Waals surface area contributed by atoms with Gasteiger partial charge in [0.2, 0.25) is 0 Å². The number of aromatic nitrogens is 1. The molecule has 0 aromatic carbocycles. The minimum atomic E-state index is -0.381. The van der Waals surface area contributed by atoms with Gasteiger partial charge in [-0.25, -0.2) is 9.78 Å². The fourth-order valence-corrected chi connectivity index (χ4v) is 2.00. The molecule has 1 N–H and O–H groups in total. The van der Waals surface area contributed by atoms with E-state index in [2.05, 4.69) is 17.2 Å². The fraction of sp³-hybridized carbons (Fsp3) is 0.667. The van der Waals surface area contributed by atoms with Gasteiger partial charge in [0.15, 0.2) is 5.69 Å². The summed E-state index contributed by atoms with van der Waals surface area (Å²) in [7, 11) is 0. The van der Waals surface area contributed by atoms with Crippen LogP contribution in [0.3, 0.4) is 0 Å². The van der Waals surface area contributed by atoms with Crippen molar-refractivity contribution < 1.29 is 14.3 Å². The largest absolute Gasteiger partial charge is 0.461 e. The van der Waals surface area contributed by atoms with Crippen LogP contribution in [0.5, 0.6) is 0 Å². The second kappa shape index (κ2) is 8.88. The Balaban J connectivity index is 2.30. The van der Waals surface area contributed by atoms with E-state index in [1.165, 1.54) is 11.3 Å². The molecule has 0 saturated heterocycles. The fourth-order valence-electron chi connectivity index (χ4n) is 1.30. The van der Waals surface area contributed by atoms with Crippen molar-refractivity contribution >= 4 is 22.3 Å². The lowest BCUT2D eigenvalue weighted by Gasteiger charge is -2.06. The highest BCUT2D eigenvalue weighted by Gasteiger charge is 2.15. The zero-order valence-corrected chi connectivity index (χ0v) is 11.7. The average Bonchev–Trinajstić information content (AvgIpc) is 2.82. The van der Waals surface area contributed by atoms with E-state index in [0.29, 0.717) is 25.5 Å². The molecular formula is C12H20N2O3S. The maximum atomic E-state index is 11.6. The molecule has 0 radical (unpaired) electrons. The number of carbonyl (C=O) groups is 1. The highest BCUT2D eigenvalue weighted by Crippen LogP contribution is 2.20. The summed E-state index contributed by atoms with van der Waals surface area (Å²) in [5, 5.41) is 3.88. The zero-order chi connectivity index (χ0) is 13.2. The van der Waals surface area contributed by atoms with Crippen molar-refractivity contribution in [2.75, 3.05) is 31.7 Å². The van der Waals surface area contributed by atoms with Crippen LogP contribution in [0.1, 0.15) is 37.2 Å². The van der Waals surface area contributed by atoms with Crippen LogP contribution in [0.4, 0.5) is 5.00 Å². The predicted molar refractivity (Wildman–Crippen MR) is 72.3 cm³/mol. The smallest absolute Gasteiger partial charge is 0.360 e. The Morgan fingerprint density at radius 1 is 1.44 bits per heavy atom. The number of rotatable bonds is 9. The predicted octanol–water partition coefficient (Wildman–Crippen LogP) is 2.55. The Morgan fingerprint density at radius 3 is 3.00 bits per heavy atom. The number of ether oxygens (including phenoxy) is 2. The summed E-state index contributed by atoms with van der Waals surface area (Å²) >= 11 is 1.39. The number of nitrogens with zero attached hydrogens (tertiary/aromatic N) is 1. The van der Waals surface area contributed by atoms with Crippen LogP contribution in [0.2, 0.25) is 0 Å². The van der Waals surface area contributed by atoms with Gasteiger partial charge in [-0.3, -0.25) is 0 Å². The third-order valence-corrected chi connectivity index (χ3v) is 2.99. The minimum Gasteiger partial charge on any atom is -0.461 e. The van der Waals surface area contributed by atoms with Crippen molar-refractivity contribution in [3.63, 3.8) is 0 Å². The summed E-state index contributed by atoms with van der Waals surface area (Å²) in [6.07, 6.45) is 2.21. The third-order valence-electron chi connectivity index (χ3n) is 2.21. The second-order valence-electron chi connectivity index (χ2n) is 3.64. The van der Waals surface area contributed by atoms with Crippen molar-refractivity contribution in [1.29, 1.82) is 0 Å². The van der Waals surface area contributed by atoms with Gasteiger partial charge >= 0.3 is 5.97 Å². The number of anilines is 1. The monoisotopic (exact) mass is 272 g/mol. The number of thiazole rings is 1. The molecule has 1 aromatic heterocycles. The number of hydrogen-bond acceptors (Lipinski definition) is 6. The van der Waals surface area contributed by atoms with Crippen molar-refractivity contribution in [1.82, 2.24) is 4.98 Å². The molecule has 0 aliphatic rings. The first-order valence-electron chi connectivity index (χ1n) is 6.21. The normalized spacial score (nSPS) is 10.3. The van der Waals surface area contributed by atoms with Gasteiger partial charge in [-0.1, -0.05) is 13.3 Å². The Kier molecular flexibility index (Phi) is 7.36. The first kappa shape index (κ1) is 14.9. The molecule has 0 aliphatic heterocycles. The highest BCUT2D eigenvalue weighted by molar-refractivity contribution is 7.14. The van der Waals surface area contributed by atoms with Gasteiger partial charge in [-0.15, -0.1) is 11.3 Å². The van der Waals surface area contributed by atoms with Crippen molar-refractivity contribution in [2.45, 2.75) is 26.7 Å². The van der Waals surface area contributed by atoms with E-state index in [1.54, 1.807) is 12.4 Å². The molecule has 0 unspecified atom stereocenters. The first-order chi connectivity index (χ1) is 8.79. The topological polar surface area (TPSA) is 60.5 Å². The first-order valence-corrected chi connectivity index (χ1v) is 7.09. The molecule has 0 aliphatic carbocycles. The molecule has 6 heteroatoms. The summed E-state index contributed by atoms with van der Waals surface area (Å²) in [6, 6.07) is 0. The van der Waals surface area contributed by atoms with Crippen LogP contribution >= 0.6 is 11.3 Å². The van der Waals surface area contributed by atoms with Crippen LogP contribution in [-0.4, -0.2) is 37.3 Å². The lowest BCUT2D eigenvalue weighted by atomic mass is 10.4. The maximum absolute atomic E-state index is 11.6. The molecule has 5 nitrogen and oxygen atoms in total. The van der Waals surface area contributed by atoms with E-state index in [-0.39, 0.29) is 5.97 Å². The molecule has 0 amide bonds. The minimum absolute atomic E-state index is 0.357. The van der Waals surface area contributed by atoms with Crippen LogP contribution in [0.15, 0.2) is 5.51 Å². The van der Waals surface area contributed by atoms with Crippen LogP contribution in [0, 0.1) is 0 Å². The van der Waals surface area contributed by atoms with E-state index in [0.717, 1.165) is 24.4 Å². The summed E-state index contributed by atoms with van der Waals surface area (Å²) < 4.78 is 10.3. The number of carbonyl (C=O) groups excluding carboxylic acids is 1. The van der Waals surface area contributed by atoms with E-state index >= 15 is 0 Å². The Labute approximate surface area is 112 Å². The molecule has 1 rings (SSSR count). The van der Waals surface area contributed by atoms with E-state index in [1.807, 2.05) is 0 Å². The highest BCUT2D eigenvalue weighted by atomic mass is 32.1. The number of esters is 1. The van der Waals surface area contributed by atoms with Gasteiger partial charge in [0.25, 0.3) is 0 Å². The molecule has 0 fully saturated rings. The summed E-state index contributed by atoms with van der Waals surface area (Å²) in [5.41, 5.74) is 1.99. The Hall–Kier alpha value is -1.14. The maximum Gasteiger partial charge on any atom is 0.360 e. The lowest BCUT2D eigenvalue weighted by Crippen LogP contribution is -2.13. The molecule has 1 heterocycles. The van der Waals surface area contributed by atoms with Crippen molar-refractivity contribution in [3.05, 3.63) is 11.2 Å². The van der Waals surface area contributed by atoms with E-state index in [4.69, 9.17) is 9.47 Å². The van der Waals surface area contributed by atoms with Gasteiger partial charge in [0.1, 0.15) is 5.00 Å². The quantitative estimate of drug-likeness (QED) is 0.553. The third kappa shape index (κ3) is 5.01. The van der Waals surface area contributed by atoms with Crippen molar-refractivity contribution in [3.8, 4) is 0 Å². The van der Waals surface area contributed by atoms with Crippen LogP contribution < -0.4 is 5.32 Å². The summed E-state index contributed by atoms with van der Waals surface area (Å²) in [5.74, 6) is -0.381. The molecule has 18 heavy (non-hydrogen) atoms. The molecule has 1 aromatic rings. The number of hydrogen-bond donors (Lipinski definition) is 1. The van der Waals surface area contributed by atoms with Gasteiger partial charge in [-0.2, -0.15) is 0 Å². The van der Waals surface area contributed by atoms with Crippen molar-refractivity contribution in [2.24, 2.45) is 0 Å².